The highest BCUT2D eigenvalue weighted by atomic mass is 32.2. The summed E-state index contributed by atoms with van der Waals surface area (Å²) >= 11 is 1.86. The van der Waals surface area contributed by atoms with E-state index in [9.17, 15) is 9.59 Å². The summed E-state index contributed by atoms with van der Waals surface area (Å²) < 4.78 is 1.61. The standard InChI is InChI=1S/C13H19N3O2S/c1-8-13(10(3)17)9(2)16(15-8)6-12(18)14-11-4-5-19-7-11/h11H,4-7H2,1-3H3,(H,14,18)/t11-/m1/s1. The number of hydrogen-bond donors (Lipinski definition) is 1. The average Bonchev–Trinajstić information content (AvgIpc) is 2.88. The number of nitrogens with one attached hydrogen (secondary N) is 1. The van der Waals surface area contributed by atoms with Gasteiger partial charge in [-0.2, -0.15) is 16.9 Å². The molecule has 2 rings (SSSR count). The predicted octanol–water partition coefficient (Wildman–Crippen LogP) is 1.32. The normalized spacial score (nSPS) is 18.6. The lowest BCUT2D eigenvalue weighted by Gasteiger charge is -2.11. The number of amides is 1. The van der Waals surface area contributed by atoms with E-state index in [1.807, 2.05) is 18.7 Å². The van der Waals surface area contributed by atoms with Gasteiger partial charge < -0.3 is 5.32 Å². The molecule has 0 saturated carbocycles. The van der Waals surface area contributed by atoms with E-state index in [0.29, 0.717) is 11.3 Å². The summed E-state index contributed by atoms with van der Waals surface area (Å²) in [6.45, 7) is 5.33. The second-order valence-corrected chi connectivity index (χ2v) is 6.04. The molecule has 5 nitrogen and oxygen atoms in total. The van der Waals surface area contributed by atoms with Crippen molar-refractivity contribution in [2.24, 2.45) is 0 Å². The lowest BCUT2D eigenvalue weighted by Crippen LogP contribution is -2.37. The molecule has 0 spiro atoms. The average molecular weight is 281 g/mol. The number of rotatable bonds is 4. The van der Waals surface area contributed by atoms with Crippen molar-refractivity contribution in [3.63, 3.8) is 0 Å². The van der Waals surface area contributed by atoms with Crippen LogP contribution in [-0.4, -0.2) is 39.0 Å². The summed E-state index contributed by atoms with van der Waals surface area (Å²) in [4.78, 5) is 23.5. The number of hydrogen-bond acceptors (Lipinski definition) is 4. The molecule has 0 unspecified atom stereocenters. The van der Waals surface area contributed by atoms with Crippen molar-refractivity contribution < 1.29 is 9.59 Å². The van der Waals surface area contributed by atoms with Crippen molar-refractivity contribution in [2.75, 3.05) is 11.5 Å². The Bertz CT molecular complexity index is 504. The number of carbonyl (C=O) groups excluding carboxylic acids is 2. The molecule has 0 radical (unpaired) electrons. The highest BCUT2D eigenvalue weighted by Crippen LogP contribution is 2.17. The van der Waals surface area contributed by atoms with Crippen molar-refractivity contribution >= 4 is 23.5 Å². The van der Waals surface area contributed by atoms with Gasteiger partial charge in [0.1, 0.15) is 6.54 Å². The number of nitrogens with zero attached hydrogens (tertiary/aromatic N) is 2. The maximum Gasteiger partial charge on any atom is 0.241 e. The van der Waals surface area contributed by atoms with Crippen LogP contribution in [0, 0.1) is 13.8 Å². The number of aryl methyl sites for hydroxylation is 1. The molecule has 1 fully saturated rings. The van der Waals surface area contributed by atoms with Gasteiger partial charge in [0.25, 0.3) is 0 Å². The third-order valence-corrected chi connectivity index (χ3v) is 4.48. The van der Waals surface area contributed by atoms with Crippen LogP contribution >= 0.6 is 11.8 Å². The molecule has 1 atom stereocenters. The Labute approximate surface area is 117 Å². The van der Waals surface area contributed by atoms with E-state index in [0.717, 1.165) is 23.6 Å². The summed E-state index contributed by atoms with van der Waals surface area (Å²) in [5, 5.41) is 7.28. The lowest BCUT2D eigenvalue weighted by molar-refractivity contribution is -0.122. The second-order valence-electron chi connectivity index (χ2n) is 4.89. The van der Waals surface area contributed by atoms with Crippen LogP contribution in [0.1, 0.15) is 35.1 Å². The molecule has 0 bridgehead atoms. The Morgan fingerprint density at radius 3 is 2.74 bits per heavy atom. The molecule has 1 aliphatic rings. The zero-order chi connectivity index (χ0) is 14.0. The van der Waals surface area contributed by atoms with Gasteiger partial charge in [-0.1, -0.05) is 0 Å². The van der Waals surface area contributed by atoms with Crippen LogP contribution in [0.5, 0.6) is 0 Å². The molecule has 0 aromatic carbocycles. The third-order valence-electron chi connectivity index (χ3n) is 3.32. The van der Waals surface area contributed by atoms with Gasteiger partial charge in [-0.25, -0.2) is 0 Å². The van der Waals surface area contributed by atoms with Crippen LogP contribution in [0.3, 0.4) is 0 Å². The van der Waals surface area contributed by atoms with Crippen molar-refractivity contribution in [1.29, 1.82) is 0 Å². The summed E-state index contributed by atoms with van der Waals surface area (Å²) in [5.41, 5.74) is 2.08. The minimum atomic E-state index is -0.0341. The summed E-state index contributed by atoms with van der Waals surface area (Å²) in [5.74, 6) is 2.06. The summed E-state index contributed by atoms with van der Waals surface area (Å²) in [6, 6.07) is 0.279. The molecule has 19 heavy (non-hydrogen) atoms. The van der Waals surface area contributed by atoms with Gasteiger partial charge in [-0.3, -0.25) is 14.3 Å². The molecule has 1 N–H and O–H groups in total. The quantitative estimate of drug-likeness (QED) is 0.846. The molecule has 1 aromatic heterocycles. The van der Waals surface area contributed by atoms with E-state index in [4.69, 9.17) is 0 Å². The number of thioether (sulfide) groups is 1. The maximum absolute atomic E-state index is 11.9. The van der Waals surface area contributed by atoms with Crippen LogP contribution in [0.4, 0.5) is 0 Å². The Hall–Kier alpha value is -1.30. The van der Waals surface area contributed by atoms with E-state index in [2.05, 4.69) is 10.4 Å². The monoisotopic (exact) mass is 281 g/mol. The number of aromatic nitrogens is 2. The van der Waals surface area contributed by atoms with Crippen molar-refractivity contribution in [3.8, 4) is 0 Å². The van der Waals surface area contributed by atoms with Crippen LogP contribution < -0.4 is 5.32 Å². The Morgan fingerprint density at radius 1 is 1.47 bits per heavy atom. The molecule has 2 heterocycles. The van der Waals surface area contributed by atoms with Gasteiger partial charge in [-0.05, 0) is 32.9 Å². The van der Waals surface area contributed by atoms with Crippen LogP contribution in [-0.2, 0) is 11.3 Å². The maximum atomic E-state index is 11.9. The van der Waals surface area contributed by atoms with E-state index in [1.165, 1.54) is 6.92 Å². The minimum absolute atomic E-state index is 0.00569. The highest BCUT2D eigenvalue weighted by Gasteiger charge is 2.20. The van der Waals surface area contributed by atoms with Gasteiger partial charge in [0, 0.05) is 17.5 Å². The van der Waals surface area contributed by atoms with Crippen molar-refractivity contribution in [3.05, 3.63) is 17.0 Å². The Kier molecular flexibility index (Phi) is 4.29. The van der Waals surface area contributed by atoms with Crippen LogP contribution in [0.25, 0.3) is 0 Å². The molecule has 0 aliphatic carbocycles. The summed E-state index contributed by atoms with van der Waals surface area (Å²) in [6.07, 6.45) is 1.03. The fraction of sp³-hybridized carbons (Fsp3) is 0.615. The fourth-order valence-electron chi connectivity index (χ4n) is 2.42. The smallest absolute Gasteiger partial charge is 0.241 e. The first-order valence-electron chi connectivity index (χ1n) is 6.41. The molecule has 6 heteroatoms. The Balaban J connectivity index is 2.04. The molecule has 1 aliphatic heterocycles. The van der Waals surface area contributed by atoms with Gasteiger partial charge >= 0.3 is 0 Å². The van der Waals surface area contributed by atoms with E-state index in [1.54, 1.807) is 11.6 Å². The first-order valence-corrected chi connectivity index (χ1v) is 7.56. The van der Waals surface area contributed by atoms with Gasteiger partial charge in [0.2, 0.25) is 5.91 Å². The zero-order valence-corrected chi connectivity index (χ0v) is 12.3. The molecule has 104 valence electrons. The van der Waals surface area contributed by atoms with Gasteiger partial charge in [0.05, 0.1) is 11.3 Å². The number of carbonyl (C=O) groups is 2. The highest BCUT2D eigenvalue weighted by molar-refractivity contribution is 7.99. The summed E-state index contributed by atoms with van der Waals surface area (Å²) in [7, 11) is 0. The fourth-order valence-corrected chi connectivity index (χ4v) is 3.57. The van der Waals surface area contributed by atoms with E-state index >= 15 is 0 Å². The van der Waals surface area contributed by atoms with Gasteiger partial charge in [-0.15, -0.1) is 0 Å². The molecule has 1 aromatic rings. The van der Waals surface area contributed by atoms with Crippen LogP contribution in [0.15, 0.2) is 0 Å². The van der Waals surface area contributed by atoms with Crippen LogP contribution in [0.2, 0.25) is 0 Å². The van der Waals surface area contributed by atoms with Crippen molar-refractivity contribution in [2.45, 2.75) is 39.8 Å². The molecular formula is C13H19N3O2S. The third kappa shape index (κ3) is 3.18. The largest absolute Gasteiger partial charge is 0.351 e. The molecule has 1 amide bonds. The van der Waals surface area contributed by atoms with E-state index < -0.39 is 0 Å². The first kappa shape index (κ1) is 14.1. The minimum Gasteiger partial charge on any atom is -0.351 e. The second kappa shape index (κ2) is 5.77. The predicted molar refractivity (Wildman–Crippen MR) is 75.6 cm³/mol. The number of ketones is 1. The van der Waals surface area contributed by atoms with Gasteiger partial charge in [0.15, 0.2) is 5.78 Å². The van der Waals surface area contributed by atoms with Crippen molar-refractivity contribution in [1.82, 2.24) is 15.1 Å². The zero-order valence-electron chi connectivity index (χ0n) is 11.5. The topological polar surface area (TPSA) is 64.0 Å². The molecular weight excluding hydrogens is 262 g/mol. The lowest BCUT2D eigenvalue weighted by atomic mass is 10.1. The molecule has 1 saturated heterocycles. The first-order chi connectivity index (χ1) is 8.99. The Morgan fingerprint density at radius 2 is 2.21 bits per heavy atom. The number of Topliss-reactive ketones (excluding diaryl/α,β-unsaturated/α-hetero) is 1. The SMILES string of the molecule is CC(=O)c1c(C)nn(CC(=O)N[C@@H]2CCSC2)c1C. The van der Waals surface area contributed by atoms with E-state index in [-0.39, 0.29) is 24.3 Å².